The molecule has 2 aromatic heterocycles. The Bertz CT molecular complexity index is 900. The lowest BCUT2D eigenvalue weighted by atomic mass is 10.2. The highest BCUT2D eigenvalue weighted by atomic mass is 35.5. The Morgan fingerprint density at radius 1 is 1.14 bits per heavy atom. The molecular formula is C21H22ClN3O2S. The van der Waals surface area contributed by atoms with E-state index in [2.05, 4.69) is 26.7 Å². The molecule has 7 heteroatoms. The normalized spacial score (nSPS) is 15.1. The van der Waals surface area contributed by atoms with Crippen LogP contribution in [-0.4, -0.2) is 46.9 Å². The first kappa shape index (κ1) is 19.2. The zero-order valence-corrected chi connectivity index (χ0v) is 17.1. The molecule has 1 aliphatic heterocycles. The van der Waals surface area contributed by atoms with Gasteiger partial charge in [0.05, 0.1) is 6.20 Å². The Labute approximate surface area is 173 Å². The van der Waals surface area contributed by atoms with E-state index in [1.807, 2.05) is 29.2 Å². The lowest BCUT2D eigenvalue weighted by molar-refractivity contribution is -0.133. The third-order valence-electron chi connectivity index (χ3n) is 4.95. The van der Waals surface area contributed by atoms with E-state index in [-0.39, 0.29) is 5.91 Å². The first-order valence-electron chi connectivity index (χ1n) is 9.39. The maximum absolute atomic E-state index is 12.5. The van der Waals surface area contributed by atoms with Crippen LogP contribution in [0.4, 0.5) is 0 Å². The van der Waals surface area contributed by atoms with E-state index in [0.717, 1.165) is 38.3 Å². The van der Waals surface area contributed by atoms with Crippen LogP contribution in [0.2, 0.25) is 5.02 Å². The molecule has 0 aliphatic carbocycles. The Morgan fingerprint density at radius 2 is 1.93 bits per heavy atom. The van der Waals surface area contributed by atoms with E-state index < -0.39 is 0 Å². The fourth-order valence-corrected chi connectivity index (χ4v) is 4.13. The van der Waals surface area contributed by atoms with E-state index in [4.69, 9.17) is 16.0 Å². The molecule has 1 aliphatic rings. The minimum absolute atomic E-state index is 0.168. The van der Waals surface area contributed by atoms with Gasteiger partial charge in [0.1, 0.15) is 0 Å². The van der Waals surface area contributed by atoms with Crippen molar-refractivity contribution in [2.75, 3.05) is 26.2 Å². The predicted octanol–water partition coefficient (Wildman–Crippen LogP) is 4.33. The molecule has 0 N–H and O–H groups in total. The number of hydrogen-bond donors (Lipinski definition) is 0. The predicted molar refractivity (Wildman–Crippen MR) is 111 cm³/mol. The minimum Gasteiger partial charge on any atom is -0.441 e. The van der Waals surface area contributed by atoms with Gasteiger partial charge in [-0.3, -0.25) is 9.69 Å². The van der Waals surface area contributed by atoms with Crippen molar-refractivity contribution in [2.24, 2.45) is 0 Å². The third-order valence-corrected chi connectivity index (χ3v) is 5.93. The van der Waals surface area contributed by atoms with E-state index in [9.17, 15) is 4.79 Å². The summed E-state index contributed by atoms with van der Waals surface area (Å²) < 4.78 is 5.79. The number of halogens is 1. The number of amides is 1. The zero-order valence-electron chi connectivity index (χ0n) is 15.5. The first-order chi connectivity index (χ1) is 13.7. The van der Waals surface area contributed by atoms with Gasteiger partial charge in [-0.2, -0.15) is 11.3 Å². The molecule has 0 atom stereocenters. The number of benzene rings is 1. The second kappa shape index (κ2) is 8.90. The summed E-state index contributed by atoms with van der Waals surface area (Å²) in [4.78, 5) is 21.2. The van der Waals surface area contributed by atoms with Crippen LogP contribution in [0.5, 0.6) is 0 Å². The summed E-state index contributed by atoms with van der Waals surface area (Å²) in [6.07, 6.45) is 2.64. The van der Waals surface area contributed by atoms with Crippen molar-refractivity contribution in [1.82, 2.24) is 14.8 Å². The quantitative estimate of drug-likeness (QED) is 0.601. The molecule has 28 heavy (non-hydrogen) atoms. The Morgan fingerprint density at radius 3 is 2.64 bits per heavy atom. The number of aromatic nitrogens is 1. The van der Waals surface area contributed by atoms with Crippen LogP contribution in [-0.2, 0) is 17.8 Å². The number of oxazole rings is 1. The molecule has 1 amide bonds. The number of carbonyl (C=O) groups is 1. The molecule has 0 bridgehead atoms. The highest BCUT2D eigenvalue weighted by Gasteiger charge is 2.21. The maximum atomic E-state index is 12.5. The minimum atomic E-state index is 0.168. The molecular weight excluding hydrogens is 394 g/mol. The highest BCUT2D eigenvalue weighted by Crippen LogP contribution is 2.23. The van der Waals surface area contributed by atoms with E-state index in [1.165, 1.54) is 5.56 Å². The van der Waals surface area contributed by atoms with Crippen molar-refractivity contribution >= 4 is 28.8 Å². The average Bonchev–Trinajstić information content (AvgIpc) is 3.39. The molecule has 5 nitrogen and oxygen atoms in total. The molecule has 0 saturated carbocycles. The molecule has 3 aromatic rings. The fraction of sp³-hybridized carbons (Fsp3) is 0.333. The summed E-state index contributed by atoms with van der Waals surface area (Å²) in [6.45, 7) is 4.37. The zero-order chi connectivity index (χ0) is 19.3. The molecule has 3 heterocycles. The van der Waals surface area contributed by atoms with E-state index >= 15 is 0 Å². The van der Waals surface area contributed by atoms with Crippen molar-refractivity contribution in [3.63, 3.8) is 0 Å². The monoisotopic (exact) mass is 415 g/mol. The van der Waals surface area contributed by atoms with Crippen molar-refractivity contribution in [1.29, 1.82) is 0 Å². The standard InChI is InChI=1S/C21H22ClN3O2S/c22-18-3-1-17(2-4-18)19-13-23-20(27-19)5-6-21(26)25-10-8-24(9-11-25)14-16-7-12-28-15-16/h1-4,7,12-13,15H,5-6,8-11,14H2. The topological polar surface area (TPSA) is 49.6 Å². The Hall–Kier alpha value is -2.15. The Balaban J connectivity index is 1.24. The van der Waals surface area contributed by atoms with Crippen LogP contribution in [0.25, 0.3) is 11.3 Å². The van der Waals surface area contributed by atoms with E-state index in [0.29, 0.717) is 29.5 Å². The summed E-state index contributed by atoms with van der Waals surface area (Å²) in [5.41, 5.74) is 2.28. The van der Waals surface area contributed by atoms with Crippen molar-refractivity contribution in [2.45, 2.75) is 19.4 Å². The molecule has 4 rings (SSSR count). The summed E-state index contributed by atoms with van der Waals surface area (Å²) >= 11 is 7.64. The summed E-state index contributed by atoms with van der Waals surface area (Å²) in [5.74, 6) is 1.46. The second-order valence-corrected chi connectivity index (χ2v) is 8.13. The van der Waals surface area contributed by atoms with E-state index in [1.54, 1.807) is 17.5 Å². The van der Waals surface area contributed by atoms with Crippen LogP contribution >= 0.6 is 22.9 Å². The second-order valence-electron chi connectivity index (χ2n) is 6.91. The fourth-order valence-electron chi connectivity index (χ4n) is 3.34. The van der Waals surface area contributed by atoms with Crippen LogP contribution in [0.1, 0.15) is 17.9 Å². The van der Waals surface area contributed by atoms with Gasteiger partial charge in [0.15, 0.2) is 11.7 Å². The highest BCUT2D eigenvalue weighted by molar-refractivity contribution is 7.07. The lowest BCUT2D eigenvalue weighted by Gasteiger charge is -2.34. The summed E-state index contributed by atoms with van der Waals surface area (Å²) in [5, 5.41) is 4.98. The van der Waals surface area contributed by atoms with Gasteiger partial charge < -0.3 is 9.32 Å². The number of nitrogens with zero attached hydrogens (tertiary/aromatic N) is 3. The maximum Gasteiger partial charge on any atom is 0.223 e. The van der Waals surface area contributed by atoms with Gasteiger partial charge in [0.25, 0.3) is 0 Å². The van der Waals surface area contributed by atoms with Gasteiger partial charge in [0, 0.05) is 56.2 Å². The van der Waals surface area contributed by atoms with Crippen LogP contribution in [0, 0.1) is 0 Å². The number of rotatable bonds is 6. The molecule has 1 fully saturated rings. The van der Waals surface area contributed by atoms with Crippen molar-refractivity contribution in [3.8, 4) is 11.3 Å². The number of aryl methyl sites for hydroxylation is 1. The average molecular weight is 416 g/mol. The largest absolute Gasteiger partial charge is 0.441 e. The number of hydrogen-bond acceptors (Lipinski definition) is 5. The van der Waals surface area contributed by atoms with Crippen molar-refractivity contribution in [3.05, 3.63) is 63.8 Å². The molecule has 1 aromatic carbocycles. The molecule has 146 valence electrons. The lowest BCUT2D eigenvalue weighted by Crippen LogP contribution is -2.48. The number of thiophene rings is 1. The molecule has 1 saturated heterocycles. The van der Waals surface area contributed by atoms with Gasteiger partial charge in [-0.15, -0.1) is 0 Å². The number of carbonyl (C=O) groups excluding carboxylic acids is 1. The molecule has 0 radical (unpaired) electrons. The van der Waals surface area contributed by atoms with Gasteiger partial charge in [-0.05, 0) is 46.7 Å². The van der Waals surface area contributed by atoms with Crippen LogP contribution in [0.3, 0.4) is 0 Å². The van der Waals surface area contributed by atoms with Crippen LogP contribution < -0.4 is 0 Å². The summed E-state index contributed by atoms with van der Waals surface area (Å²) in [6, 6.07) is 9.60. The number of piperazine rings is 1. The first-order valence-corrected chi connectivity index (χ1v) is 10.7. The third kappa shape index (κ3) is 4.82. The van der Waals surface area contributed by atoms with Crippen molar-refractivity contribution < 1.29 is 9.21 Å². The SMILES string of the molecule is O=C(CCc1ncc(-c2ccc(Cl)cc2)o1)N1CCN(Cc2ccsc2)CC1. The van der Waals surface area contributed by atoms with Gasteiger partial charge in [-0.25, -0.2) is 4.98 Å². The van der Waals surface area contributed by atoms with Crippen LogP contribution in [0.15, 0.2) is 51.7 Å². The van der Waals surface area contributed by atoms with Gasteiger partial charge in [0.2, 0.25) is 5.91 Å². The Kier molecular flexibility index (Phi) is 6.10. The molecule has 0 spiro atoms. The molecule has 0 unspecified atom stereocenters. The van der Waals surface area contributed by atoms with Gasteiger partial charge >= 0.3 is 0 Å². The van der Waals surface area contributed by atoms with Gasteiger partial charge in [-0.1, -0.05) is 11.6 Å². The summed E-state index contributed by atoms with van der Waals surface area (Å²) in [7, 11) is 0. The smallest absolute Gasteiger partial charge is 0.223 e.